The van der Waals surface area contributed by atoms with E-state index in [0.29, 0.717) is 13.0 Å². The monoisotopic (exact) mass is 246 g/mol. The van der Waals surface area contributed by atoms with Crippen LogP contribution >= 0.6 is 0 Å². The standard InChI is InChI=1S/C13H14N2O3/c1-8(16)14-7-6-10-9-4-2-3-5-11(9)15-12(10)13(17)18/h2-5,15H,6-7H2,1H3,(H,14,16)(H,17,18). The third-order valence-corrected chi connectivity index (χ3v) is 2.78. The largest absolute Gasteiger partial charge is 0.477 e. The molecule has 1 aromatic heterocycles. The van der Waals surface area contributed by atoms with Crippen LogP contribution in [0.5, 0.6) is 0 Å². The molecule has 0 aliphatic heterocycles. The molecule has 0 atom stereocenters. The van der Waals surface area contributed by atoms with Crippen molar-refractivity contribution in [2.45, 2.75) is 13.3 Å². The minimum atomic E-state index is -0.982. The summed E-state index contributed by atoms with van der Waals surface area (Å²) in [6.45, 7) is 1.87. The zero-order chi connectivity index (χ0) is 13.1. The number of hydrogen-bond acceptors (Lipinski definition) is 2. The van der Waals surface area contributed by atoms with E-state index in [1.54, 1.807) is 0 Å². The zero-order valence-corrected chi connectivity index (χ0v) is 9.99. The summed E-state index contributed by atoms with van der Waals surface area (Å²) in [6.07, 6.45) is 0.491. The van der Waals surface area contributed by atoms with Crippen LogP contribution in [0.25, 0.3) is 10.9 Å². The van der Waals surface area contributed by atoms with Gasteiger partial charge in [0.1, 0.15) is 5.69 Å². The predicted molar refractivity (Wildman–Crippen MR) is 67.6 cm³/mol. The average Bonchev–Trinajstić information content (AvgIpc) is 2.68. The van der Waals surface area contributed by atoms with Crippen LogP contribution in [0.4, 0.5) is 0 Å². The summed E-state index contributed by atoms with van der Waals surface area (Å²) in [5, 5.41) is 12.7. The van der Waals surface area contributed by atoms with Gasteiger partial charge in [0.05, 0.1) is 0 Å². The Kier molecular flexibility index (Phi) is 3.32. The predicted octanol–water partition coefficient (Wildman–Crippen LogP) is 1.54. The van der Waals surface area contributed by atoms with E-state index in [1.165, 1.54) is 6.92 Å². The maximum absolute atomic E-state index is 11.2. The SMILES string of the molecule is CC(=O)NCCc1c(C(=O)O)[nH]c2ccccc12. The van der Waals surface area contributed by atoms with Crippen molar-refractivity contribution < 1.29 is 14.7 Å². The average molecular weight is 246 g/mol. The van der Waals surface area contributed by atoms with Crippen LogP contribution in [0, 0.1) is 0 Å². The summed E-state index contributed by atoms with van der Waals surface area (Å²) >= 11 is 0. The first kappa shape index (κ1) is 12.2. The number of benzene rings is 1. The maximum atomic E-state index is 11.2. The lowest BCUT2D eigenvalue weighted by Gasteiger charge is -2.02. The highest BCUT2D eigenvalue weighted by Gasteiger charge is 2.16. The lowest BCUT2D eigenvalue weighted by atomic mass is 10.1. The molecule has 1 heterocycles. The highest BCUT2D eigenvalue weighted by Crippen LogP contribution is 2.22. The van der Waals surface area contributed by atoms with Crippen LogP contribution in [0.3, 0.4) is 0 Å². The molecule has 0 aliphatic rings. The molecule has 5 heteroatoms. The van der Waals surface area contributed by atoms with E-state index in [2.05, 4.69) is 10.3 Å². The number of carbonyl (C=O) groups is 2. The van der Waals surface area contributed by atoms with E-state index in [9.17, 15) is 9.59 Å². The number of rotatable bonds is 4. The lowest BCUT2D eigenvalue weighted by molar-refractivity contribution is -0.118. The van der Waals surface area contributed by atoms with E-state index in [4.69, 9.17) is 5.11 Å². The third kappa shape index (κ3) is 2.34. The molecule has 0 saturated heterocycles. The van der Waals surface area contributed by atoms with Crippen molar-refractivity contribution in [2.24, 2.45) is 0 Å². The fourth-order valence-corrected chi connectivity index (χ4v) is 2.01. The number of carbonyl (C=O) groups excluding carboxylic acids is 1. The van der Waals surface area contributed by atoms with Crippen molar-refractivity contribution in [3.8, 4) is 0 Å². The van der Waals surface area contributed by atoms with Gasteiger partial charge in [-0.1, -0.05) is 18.2 Å². The molecule has 5 nitrogen and oxygen atoms in total. The quantitative estimate of drug-likeness (QED) is 0.765. The van der Waals surface area contributed by atoms with Crippen LogP contribution in [0.1, 0.15) is 23.0 Å². The number of fused-ring (bicyclic) bond motifs is 1. The van der Waals surface area contributed by atoms with Gasteiger partial charge >= 0.3 is 5.97 Å². The van der Waals surface area contributed by atoms with Gasteiger partial charge in [0, 0.05) is 24.4 Å². The summed E-state index contributed by atoms with van der Waals surface area (Å²) in [5.74, 6) is -1.10. The van der Waals surface area contributed by atoms with E-state index in [-0.39, 0.29) is 11.6 Å². The first-order chi connectivity index (χ1) is 8.59. The Labute approximate surface area is 104 Å². The summed E-state index contributed by atoms with van der Waals surface area (Å²) in [4.78, 5) is 24.9. The molecule has 0 bridgehead atoms. The Morgan fingerprint density at radius 3 is 2.72 bits per heavy atom. The summed E-state index contributed by atoms with van der Waals surface area (Å²) in [6, 6.07) is 7.43. The van der Waals surface area contributed by atoms with E-state index >= 15 is 0 Å². The summed E-state index contributed by atoms with van der Waals surface area (Å²) in [5.41, 5.74) is 1.72. The molecule has 2 rings (SSSR count). The molecule has 1 aromatic carbocycles. The first-order valence-corrected chi connectivity index (χ1v) is 5.67. The van der Waals surface area contributed by atoms with Crippen molar-refractivity contribution in [3.63, 3.8) is 0 Å². The second-order valence-electron chi connectivity index (χ2n) is 4.06. The van der Waals surface area contributed by atoms with Gasteiger partial charge in [-0.15, -0.1) is 0 Å². The van der Waals surface area contributed by atoms with Crippen LogP contribution in [0.15, 0.2) is 24.3 Å². The van der Waals surface area contributed by atoms with Crippen molar-refractivity contribution in [1.29, 1.82) is 0 Å². The summed E-state index contributed by atoms with van der Waals surface area (Å²) in [7, 11) is 0. The third-order valence-electron chi connectivity index (χ3n) is 2.78. The van der Waals surface area contributed by atoms with Crippen LogP contribution in [0.2, 0.25) is 0 Å². The van der Waals surface area contributed by atoms with Crippen LogP contribution in [-0.4, -0.2) is 28.5 Å². The number of aromatic carboxylic acids is 1. The Morgan fingerprint density at radius 1 is 1.33 bits per heavy atom. The number of aromatic amines is 1. The van der Waals surface area contributed by atoms with Gasteiger partial charge in [-0.2, -0.15) is 0 Å². The normalized spacial score (nSPS) is 10.5. The summed E-state index contributed by atoms with van der Waals surface area (Å²) < 4.78 is 0. The Morgan fingerprint density at radius 2 is 2.06 bits per heavy atom. The molecular formula is C13H14N2O3. The second-order valence-corrected chi connectivity index (χ2v) is 4.06. The van der Waals surface area contributed by atoms with Gasteiger partial charge in [-0.25, -0.2) is 4.79 Å². The smallest absolute Gasteiger partial charge is 0.352 e. The minimum absolute atomic E-state index is 0.119. The molecule has 0 saturated carbocycles. The van der Waals surface area contributed by atoms with Crippen molar-refractivity contribution >= 4 is 22.8 Å². The molecule has 2 aromatic rings. The van der Waals surface area contributed by atoms with Gasteiger partial charge in [0.15, 0.2) is 0 Å². The van der Waals surface area contributed by atoms with Gasteiger partial charge < -0.3 is 15.4 Å². The van der Waals surface area contributed by atoms with Crippen molar-refractivity contribution in [2.75, 3.05) is 6.54 Å². The van der Waals surface area contributed by atoms with E-state index in [0.717, 1.165) is 16.5 Å². The van der Waals surface area contributed by atoms with Crippen molar-refractivity contribution in [1.82, 2.24) is 10.3 Å². The Balaban J connectivity index is 2.36. The number of hydrogen-bond donors (Lipinski definition) is 3. The molecule has 94 valence electrons. The molecule has 0 aliphatic carbocycles. The van der Waals surface area contributed by atoms with Crippen LogP contribution in [-0.2, 0) is 11.2 Å². The number of H-pyrrole nitrogens is 1. The Bertz CT molecular complexity index is 601. The number of carboxylic acid groups (broad SMARTS) is 1. The number of carboxylic acids is 1. The zero-order valence-electron chi connectivity index (χ0n) is 9.99. The minimum Gasteiger partial charge on any atom is -0.477 e. The van der Waals surface area contributed by atoms with Crippen LogP contribution < -0.4 is 5.32 Å². The topological polar surface area (TPSA) is 82.2 Å². The molecule has 0 fully saturated rings. The highest BCUT2D eigenvalue weighted by atomic mass is 16.4. The molecule has 0 unspecified atom stereocenters. The number of amides is 1. The van der Waals surface area contributed by atoms with Crippen molar-refractivity contribution in [3.05, 3.63) is 35.5 Å². The molecule has 3 N–H and O–H groups in total. The molecular weight excluding hydrogens is 232 g/mol. The number of nitrogens with one attached hydrogen (secondary N) is 2. The molecule has 0 spiro atoms. The number of aromatic nitrogens is 1. The Hall–Kier alpha value is -2.30. The maximum Gasteiger partial charge on any atom is 0.352 e. The molecule has 1 amide bonds. The fraction of sp³-hybridized carbons (Fsp3) is 0.231. The van der Waals surface area contributed by atoms with Gasteiger partial charge in [0.25, 0.3) is 0 Å². The lowest BCUT2D eigenvalue weighted by Crippen LogP contribution is -2.22. The van der Waals surface area contributed by atoms with E-state index < -0.39 is 5.97 Å². The van der Waals surface area contributed by atoms with Gasteiger partial charge in [-0.05, 0) is 18.1 Å². The number of para-hydroxylation sites is 1. The second kappa shape index (κ2) is 4.91. The first-order valence-electron chi connectivity index (χ1n) is 5.67. The van der Waals surface area contributed by atoms with E-state index in [1.807, 2.05) is 24.3 Å². The molecule has 18 heavy (non-hydrogen) atoms. The highest BCUT2D eigenvalue weighted by molar-refractivity contribution is 5.97. The fourth-order valence-electron chi connectivity index (χ4n) is 2.01. The van der Waals surface area contributed by atoms with Gasteiger partial charge in [-0.3, -0.25) is 4.79 Å². The van der Waals surface area contributed by atoms with Gasteiger partial charge in [0.2, 0.25) is 5.91 Å². The molecule has 0 radical (unpaired) electrons.